The van der Waals surface area contributed by atoms with Gasteiger partial charge >= 0.3 is 0 Å². The number of nitrogens with two attached hydrogens (primary N) is 1. The van der Waals surface area contributed by atoms with Crippen LogP contribution >= 0.6 is 39.0 Å². The lowest BCUT2D eigenvalue weighted by Gasteiger charge is -2.08. The van der Waals surface area contributed by atoms with Crippen LogP contribution in [0.2, 0.25) is 0 Å². The van der Waals surface area contributed by atoms with Gasteiger partial charge in [-0.2, -0.15) is 0 Å². The lowest BCUT2D eigenvalue weighted by atomic mass is 10.2. The number of rotatable bonds is 5. The molecule has 106 valence electrons. The molecule has 2 rings (SSSR count). The predicted octanol–water partition coefficient (Wildman–Crippen LogP) is 4.63. The first kappa shape index (κ1) is 15.4. The zero-order valence-corrected chi connectivity index (χ0v) is 14.4. The molecule has 3 nitrogen and oxygen atoms in total. The Morgan fingerprint density at radius 2 is 2.15 bits per heavy atom. The molecule has 1 aromatic heterocycles. The lowest BCUT2D eigenvalue weighted by Crippen LogP contribution is -1.99. The summed E-state index contributed by atoms with van der Waals surface area (Å²) in [6.07, 6.45) is 1.96. The lowest BCUT2D eigenvalue weighted by molar-refractivity contribution is 0.102. The van der Waals surface area contributed by atoms with Crippen LogP contribution in [0, 0.1) is 0 Å². The van der Waals surface area contributed by atoms with E-state index in [0.717, 1.165) is 19.9 Å². The van der Waals surface area contributed by atoms with Crippen LogP contribution in [0.15, 0.2) is 33.6 Å². The van der Waals surface area contributed by atoms with Crippen molar-refractivity contribution in [2.75, 3.05) is 17.3 Å². The summed E-state index contributed by atoms with van der Waals surface area (Å²) in [4.78, 5) is 13.1. The Balaban J connectivity index is 2.24. The van der Waals surface area contributed by atoms with E-state index in [2.05, 4.69) is 27.3 Å². The highest BCUT2D eigenvalue weighted by Gasteiger charge is 2.18. The molecule has 0 aliphatic heterocycles. The van der Waals surface area contributed by atoms with Crippen LogP contribution in [0.4, 0.5) is 10.7 Å². The Kier molecular flexibility index (Phi) is 5.12. The van der Waals surface area contributed by atoms with Crippen LogP contribution in [-0.2, 0) is 6.54 Å². The van der Waals surface area contributed by atoms with E-state index in [0.29, 0.717) is 17.1 Å². The summed E-state index contributed by atoms with van der Waals surface area (Å²) in [5.41, 5.74) is 7.78. The third-order valence-electron chi connectivity index (χ3n) is 2.82. The van der Waals surface area contributed by atoms with E-state index in [9.17, 15) is 4.79 Å². The van der Waals surface area contributed by atoms with Gasteiger partial charge < -0.3 is 11.1 Å². The Morgan fingerprint density at radius 1 is 1.45 bits per heavy atom. The van der Waals surface area contributed by atoms with Crippen molar-refractivity contribution in [3.63, 3.8) is 0 Å². The Bertz CT molecular complexity index is 640. The number of hydrogen-bond donors (Lipinski definition) is 2. The SMILES string of the molecule is CSc1c(NCc2ccccc2Br)sc(C(C)=O)c1N. The molecule has 0 radical (unpaired) electrons. The molecule has 6 heteroatoms. The normalized spacial score (nSPS) is 10.6. The second kappa shape index (κ2) is 6.65. The van der Waals surface area contributed by atoms with Gasteiger partial charge in [-0.3, -0.25) is 4.79 Å². The van der Waals surface area contributed by atoms with Gasteiger partial charge in [0.1, 0.15) is 5.00 Å². The third kappa shape index (κ3) is 3.19. The Hall–Kier alpha value is -0.980. The number of hydrogen-bond acceptors (Lipinski definition) is 5. The van der Waals surface area contributed by atoms with E-state index in [1.54, 1.807) is 18.7 Å². The van der Waals surface area contributed by atoms with Gasteiger partial charge in [-0.15, -0.1) is 23.1 Å². The minimum Gasteiger partial charge on any atom is -0.396 e. The first-order chi connectivity index (χ1) is 9.54. The van der Waals surface area contributed by atoms with E-state index >= 15 is 0 Å². The number of benzene rings is 1. The molecule has 0 spiro atoms. The molecule has 20 heavy (non-hydrogen) atoms. The van der Waals surface area contributed by atoms with Crippen LogP contribution < -0.4 is 11.1 Å². The number of halogens is 1. The van der Waals surface area contributed by atoms with Gasteiger partial charge in [0.25, 0.3) is 0 Å². The maximum atomic E-state index is 11.6. The molecule has 3 N–H and O–H groups in total. The molecule has 0 unspecified atom stereocenters. The van der Waals surface area contributed by atoms with E-state index < -0.39 is 0 Å². The third-order valence-corrected chi connectivity index (χ3v) is 5.82. The average molecular weight is 371 g/mol. The van der Waals surface area contributed by atoms with E-state index in [1.807, 2.05) is 24.5 Å². The number of nitrogen functional groups attached to an aromatic ring is 1. The highest BCUT2D eigenvalue weighted by Crippen LogP contribution is 2.42. The van der Waals surface area contributed by atoms with Crippen molar-refractivity contribution in [3.8, 4) is 0 Å². The molecule has 0 aliphatic rings. The first-order valence-corrected chi connectivity index (χ1v) is 8.82. The van der Waals surface area contributed by atoms with Gasteiger partial charge in [-0.25, -0.2) is 0 Å². The number of nitrogens with one attached hydrogen (secondary N) is 1. The zero-order valence-electron chi connectivity index (χ0n) is 11.2. The van der Waals surface area contributed by atoms with Crippen molar-refractivity contribution < 1.29 is 4.79 Å². The summed E-state index contributed by atoms with van der Waals surface area (Å²) < 4.78 is 1.06. The van der Waals surface area contributed by atoms with Crippen LogP contribution in [0.5, 0.6) is 0 Å². The minimum atomic E-state index is 0.0109. The fourth-order valence-corrected chi connectivity index (χ4v) is 4.18. The number of anilines is 2. The highest BCUT2D eigenvalue weighted by atomic mass is 79.9. The molecule has 0 saturated heterocycles. The van der Waals surface area contributed by atoms with Gasteiger partial charge in [0.2, 0.25) is 0 Å². The molecule has 1 aromatic carbocycles. The predicted molar refractivity (Wildman–Crippen MR) is 92.0 cm³/mol. The first-order valence-electron chi connectivity index (χ1n) is 5.99. The number of carbonyl (C=O) groups is 1. The van der Waals surface area contributed by atoms with Crippen LogP contribution in [0.25, 0.3) is 0 Å². The summed E-state index contributed by atoms with van der Waals surface area (Å²) in [5, 5.41) is 4.33. The number of thioether (sulfide) groups is 1. The molecule has 0 aliphatic carbocycles. The molecular formula is C14H15BrN2OS2. The minimum absolute atomic E-state index is 0.0109. The van der Waals surface area contributed by atoms with Crippen molar-refractivity contribution in [3.05, 3.63) is 39.2 Å². The van der Waals surface area contributed by atoms with Gasteiger partial charge in [0, 0.05) is 17.9 Å². The fourth-order valence-electron chi connectivity index (χ4n) is 1.83. The molecule has 0 bridgehead atoms. The number of ketones is 1. The zero-order chi connectivity index (χ0) is 14.7. The summed E-state index contributed by atoms with van der Waals surface area (Å²) in [6.45, 7) is 2.23. The Labute approximate surface area is 135 Å². The number of Topliss-reactive ketones (excluding diaryl/α,β-unsaturated/α-hetero) is 1. The van der Waals surface area contributed by atoms with Crippen LogP contribution in [0.3, 0.4) is 0 Å². The van der Waals surface area contributed by atoms with Gasteiger partial charge in [-0.05, 0) is 17.9 Å². The topological polar surface area (TPSA) is 55.1 Å². The quantitative estimate of drug-likeness (QED) is 0.594. The van der Waals surface area contributed by atoms with Crippen molar-refractivity contribution in [2.45, 2.75) is 18.4 Å². The average Bonchev–Trinajstić information content (AvgIpc) is 2.74. The standard InChI is InChI=1S/C14H15BrN2OS2/c1-8(18)12-11(16)13(19-2)14(20-12)17-7-9-5-3-4-6-10(9)15/h3-6,17H,7,16H2,1-2H3. The second-order valence-corrected chi connectivity index (χ2v) is 6.90. The van der Waals surface area contributed by atoms with Crippen molar-refractivity contribution >= 4 is 55.5 Å². The number of thiophene rings is 1. The maximum absolute atomic E-state index is 11.6. The van der Waals surface area contributed by atoms with Crippen molar-refractivity contribution in [1.29, 1.82) is 0 Å². The largest absolute Gasteiger partial charge is 0.396 e. The fraction of sp³-hybridized carbons (Fsp3) is 0.214. The number of carbonyl (C=O) groups excluding carboxylic acids is 1. The highest BCUT2D eigenvalue weighted by molar-refractivity contribution is 9.10. The van der Waals surface area contributed by atoms with Crippen LogP contribution in [-0.4, -0.2) is 12.0 Å². The Morgan fingerprint density at radius 3 is 2.75 bits per heavy atom. The molecule has 0 atom stereocenters. The summed E-state index contributed by atoms with van der Waals surface area (Å²) in [7, 11) is 0. The molecule has 1 heterocycles. The van der Waals surface area contributed by atoms with Crippen molar-refractivity contribution in [2.24, 2.45) is 0 Å². The second-order valence-electron chi connectivity index (χ2n) is 4.21. The van der Waals surface area contributed by atoms with Gasteiger partial charge in [-0.1, -0.05) is 34.1 Å². The molecule has 0 fully saturated rings. The molecule has 0 amide bonds. The summed E-state index contributed by atoms with van der Waals surface area (Å²) >= 11 is 6.51. The van der Waals surface area contributed by atoms with Gasteiger partial charge in [0.05, 0.1) is 15.5 Å². The van der Waals surface area contributed by atoms with Gasteiger partial charge in [0.15, 0.2) is 5.78 Å². The molecule has 2 aromatic rings. The maximum Gasteiger partial charge on any atom is 0.171 e. The smallest absolute Gasteiger partial charge is 0.171 e. The molecular weight excluding hydrogens is 356 g/mol. The summed E-state index contributed by atoms with van der Waals surface area (Å²) in [6, 6.07) is 8.05. The van der Waals surface area contributed by atoms with E-state index in [-0.39, 0.29) is 5.78 Å². The monoisotopic (exact) mass is 370 g/mol. The summed E-state index contributed by atoms with van der Waals surface area (Å²) in [5.74, 6) is 0.0109. The van der Waals surface area contributed by atoms with Crippen LogP contribution in [0.1, 0.15) is 22.2 Å². The van der Waals surface area contributed by atoms with E-state index in [1.165, 1.54) is 11.3 Å². The van der Waals surface area contributed by atoms with Crippen molar-refractivity contribution in [1.82, 2.24) is 0 Å². The van der Waals surface area contributed by atoms with E-state index in [4.69, 9.17) is 5.73 Å². The molecule has 0 saturated carbocycles.